The first kappa shape index (κ1) is 24.8. The quantitative estimate of drug-likeness (QED) is 0.215. The van der Waals surface area contributed by atoms with Crippen LogP contribution in [0.5, 0.6) is 11.5 Å². The van der Waals surface area contributed by atoms with Gasteiger partial charge in [-0.15, -0.1) is 24.0 Å². The van der Waals surface area contributed by atoms with Gasteiger partial charge in [-0.25, -0.2) is 0 Å². The maximum absolute atomic E-state index is 5.36. The van der Waals surface area contributed by atoms with Crippen LogP contribution in [0, 0.1) is 0 Å². The van der Waals surface area contributed by atoms with E-state index >= 15 is 0 Å². The van der Waals surface area contributed by atoms with Gasteiger partial charge in [-0.05, 0) is 64.4 Å². The second-order valence-corrected chi connectivity index (χ2v) is 6.92. The zero-order chi connectivity index (χ0) is 19.3. The third-order valence-corrected chi connectivity index (χ3v) is 4.84. The summed E-state index contributed by atoms with van der Waals surface area (Å²) in [6.07, 6.45) is 7.78. The first-order chi connectivity index (χ1) is 13.3. The summed E-state index contributed by atoms with van der Waals surface area (Å²) in [4.78, 5) is 7.31. The number of benzene rings is 1. The van der Waals surface area contributed by atoms with Gasteiger partial charge in [0.15, 0.2) is 17.5 Å². The predicted molar refractivity (Wildman–Crippen MR) is 129 cm³/mol. The third kappa shape index (κ3) is 8.86. The largest absolute Gasteiger partial charge is 0.493 e. The molecule has 1 fully saturated rings. The van der Waals surface area contributed by atoms with Crippen molar-refractivity contribution in [2.45, 2.75) is 45.4 Å². The fourth-order valence-corrected chi connectivity index (χ4v) is 3.36. The number of hydrogen-bond acceptors (Lipinski definition) is 4. The van der Waals surface area contributed by atoms with Gasteiger partial charge in [0, 0.05) is 24.8 Å². The summed E-state index contributed by atoms with van der Waals surface area (Å²) in [6.45, 7) is 7.56. The number of rotatable bonds is 10. The maximum atomic E-state index is 5.36. The van der Waals surface area contributed by atoms with Crippen LogP contribution >= 0.6 is 24.0 Å². The molecule has 6 nitrogen and oxygen atoms in total. The lowest BCUT2D eigenvalue weighted by Gasteiger charge is -2.26. The van der Waals surface area contributed by atoms with Crippen LogP contribution in [-0.2, 0) is 0 Å². The van der Waals surface area contributed by atoms with Gasteiger partial charge in [-0.2, -0.15) is 0 Å². The van der Waals surface area contributed by atoms with E-state index in [0.717, 1.165) is 36.9 Å². The topological polar surface area (TPSA) is 58.1 Å². The van der Waals surface area contributed by atoms with Crippen LogP contribution in [0.25, 0.3) is 0 Å². The normalized spacial score (nSPS) is 14.9. The van der Waals surface area contributed by atoms with Crippen molar-refractivity contribution < 1.29 is 9.47 Å². The number of nitrogens with zero attached hydrogens (tertiary/aromatic N) is 2. The number of halogens is 1. The number of unbranched alkanes of at least 4 members (excludes halogenated alkanes) is 2. The molecule has 2 N–H and O–H groups in total. The highest BCUT2D eigenvalue weighted by molar-refractivity contribution is 14.0. The van der Waals surface area contributed by atoms with Crippen LogP contribution in [0.3, 0.4) is 0 Å². The number of likely N-dealkylation sites (tertiary alicyclic amines) is 1. The molecule has 0 saturated carbocycles. The molecule has 160 valence electrons. The smallest absolute Gasteiger partial charge is 0.195 e. The number of methoxy groups -OCH3 is 2. The number of nitrogens with one attached hydrogen (secondary N) is 2. The van der Waals surface area contributed by atoms with Crippen molar-refractivity contribution in [1.82, 2.24) is 10.2 Å². The Hall–Kier alpha value is -1.22. The van der Waals surface area contributed by atoms with Gasteiger partial charge >= 0.3 is 0 Å². The molecule has 1 saturated heterocycles. The summed E-state index contributed by atoms with van der Waals surface area (Å²) in [5.74, 6) is 2.23. The molecule has 7 heteroatoms. The Morgan fingerprint density at radius 3 is 2.46 bits per heavy atom. The van der Waals surface area contributed by atoms with Crippen LogP contribution in [0.2, 0.25) is 0 Å². The average molecular weight is 504 g/mol. The Bertz CT molecular complexity index is 578. The zero-order valence-corrected chi connectivity index (χ0v) is 20.0. The fourth-order valence-electron chi connectivity index (χ4n) is 3.36. The number of anilines is 1. The Kier molecular flexibility index (Phi) is 13.1. The molecule has 0 unspecified atom stereocenters. The summed E-state index contributed by atoms with van der Waals surface area (Å²) < 4.78 is 10.7. The van der Waals surface area contributed by atoms with Crippen molar-refractivity contribution in [3.8, 4) is 11.5 Å². The lowest BCUT2D eigenvalue weighted by Crippen LogP contribution is -2.31. The van der Waals surface area contributed by atoms with E-state index in [4.69, 9.17) is 14.5 Å². The van der Waals surface area contributed by atoms with Crippen molar-refractivity contribution in [3.63, 3.8) is 0 Å². The summed E-state index contributed by atoms with van der Waals surface area (Å²) in [5, 5.41) is 6.64. The first-order valence-corrected chi connectivity index (χ1v) is 10.3. The molecule has 1 aromatic carbocycles. The van der Waals surface area contributed by atoms with Crippen LogP contribution in [0.4, 0.5) is 5.69 Å². The van der Waals surface area contributed by atoms with E-state index in [2.05, 4.69) is 22.5 Å². The molecule has 0 spiro atoms. The van der Waals surface area contributed by atoms with E-state index in [1.54, 1.807) is 14.2 Å². The number of hydrogen-bond donors (Lipinski definition) is 2. The molecule has 1 aliphatic heterocycles. The Balaban J connectivity index is 0.00000392. The van der Waals surface area contributed by atoms with Crippen molar-refractivity contribution >= 4 is 35.6 Å². The van der Waals surface area contributed by atoms with Crippen molar-refractivity contribution in [2.24, 2.45) is 4.99 Å². The molecule has 0 aliphatic carbocycles. The number of piperidine rings is 1. The molecule has 1 aromatic rings. The maximum Gasteiger partial charge on any atom is 0.195 e. The third-order valence-electron chi connectivity index (χ3n) is 4.84. The van der Waals surface area contributed by atoms with Crippen LogP contribution in [0.15, 0.2) is 23.2 Å². The summed E-state index contributed by atoms with van der Waals surface area (Å²) in [7, 11) is 3.28. The molecule has 0 bridgehead atoms. The molecule has 2 rings (SSSR count). The summed E-state index contributed by atoms with van der Waals surface area (Å²) in [5.41, 5.74) is 0.928. The van der Waals surface area contributed by atoms with Crippen molar-refractivity contribution in [2.75, 3.05) is 52.3 Å². The number of aliphatic imine (C=N–C) groups is 1. The second kappa shape index (κ2) is 14.7. The van der Waals surface area contributed by atoms with E-state index in [1.807, 2.05) is 18.2 Å². The summed E-state index contributed by atoms with van der Waals surface area (Å²) >= 11 is 0. The highest BCUT2D eigenvalue weighted by Crippen LogP contribution is 2.29. The van der Waals surface area contributed by atoms with Gasteiger partial charge in [-0.1, -0.05) is 12.8 Å². The van der Waals surface area contributed by atoms with Crippen LogP contribution < -0.4 is 20.1 Å². The predicted octanol–water partition coefficient (Wildman–Crippen LogP) is 4.36. The van der Waals surface area contributed by atoms with Gasteiger partial charge < -0.3 is 25.0 Å². The minimum Gasteiger partial charge on any atom is -0.493 e. The second-order valence-electron chi connectivity index (χ2n) is 6.92. The fraction of sp³-hybridized carbons (Fsp3) is 0.667. The monoisotopic (exact) mass is 504 g/mol. The van der Waals surface area contributed by atoms with E-state index < -0.39 is 0 Å². The van der Waals surface area contributed by atoms with E-state index in [9.17, 15) is 0 Å². The molecular formula is C21H37IN4O2. The van der Waals surface area contributed by atoms with E-state index in [-0.39, 0.29) is 24.0 Å². The van der Waals surface area contributed by atoms with Gasteiger partial charge in [0.05, 0.1) is 14.2 Å². The minimum absolute atomic E-state index is 0. The van der Waals surface area contributed by atoms with E-state index in [0.29, 0.717) is 5.75 Å². The van der Waals surface area contributed by atoms with Gasteiger partial charge in [0.25, 0.3) is 0 Å². The molecule has 0 radical (unpaired) electrons. The van der Waals surface area contributed by atoms with Crippen LogP contribution in [-0.4, -0.2) is 57.8 Å². The summed E-state index contributed by atoms with van der Waals surface area (Å²) in [6, 6.07) is 5.78. The Labute approximate surface area is 187 Å². The SMILES string of the molecule is CCNC(=NCCCCCN1CCCCC1)Nc1ccc(OC)c(OC)c1.I. The average Bonchev–Trinajstić information content (AvgIpc) is 2.71. The Morgan fingerprint density at radius 1 is 1.04 bits per heavy atom. The van der Waals surface area contributed by atoms with Gasteiger partial charge in [0.2, 0.25) is 0 Å². The number of guanidine groups is 1. The Morgan fingerprint density at radius 2 is 1.79 bits per heavy atom. The molecule has 0 aromatic heterocycles. The molecule has 0 atom stereocenters. The first-order valence-electron chi connectivity index (χ1n) is 10.3. The molecule has 1 heterocycles. The molecule has 28 heavy (non-hydrogen) atoms. The number of ether oxygens (including phenoxy) is 2. The highest BCUT2D eigenvalue weighted by Gasteiger charge is 2.09. The van der Waals surface area contributed by atoms with Gasteiger partial charge in [0.1, 0.15) is 0 Å². The van der Waals surface area contributed by atoms with E-state index in [1.165, 1.54) is 51.7 Å². The zero-order valence-electron chi connectivity index (χ0n) is 17.6. The molecule has 1 aliphatic rings. The van der Waals surface area contributed by atoms with Crippen molar-refractivity contribution in [1.29, 1.82) is 0 Å². The molecular weight excluding hydrogens is 467 g/mol. The van der Waals surface area contributed by atoms with Crippen LogP contribution in [0.1, 0.15) is 45.4 Å². The standard InChI is InChI=1S/C21H36N4O2.HI/c1-4-22-21(24-18-11-12-19(26-2)20(17-18)27-3)23-13-7-5-8-14-25-15-9-6-10-16-25;/h11-12,17H,4-10,13-16H2,1-3H3,(H2,22,23,24);1H. The lowest BCUT2D eigenvalue weighted by atomic mass is 10.1. The van der Waals surface area contributed by atoms with Gasteiger partial charge in [-0.3, -0.25) is 4.99 Å². The highest BCUT2D eigenvalue weighted by atomic mass is 127. The minimum atomic E-state index is 0. The lowest BCUT2D eigenvalue weighted by molar-refractivity contribution is 0.224. The molecule has 0 amide bonds. The van der Waals surface area contributed by atoms with Crippen molar-refractivity contribution in [3.05, 3.63) is 18.2 Å².